The van der Waals surface area contributed by atoms with Gasteiger partial charge in [-0.2, -0.15) is 0 Å². The molecule has 0 aliphatic carbocycles. The van der Waals surface area contributed by atoms with Crippen LogP contribution in [0, 0.1) is 19.8 Å². The van der Waals surface area contributed by atoms with E-state index in [1.807, 2.05) is 27.7 Å². The summed E-state index contributed by atoms with van der Waals surface area (Å²) in [6, 6.07) is 12.2. The predicted octanol–water partition coefficient (Wildman–Crippen LogP) is 3.88. The number of benzene rings is 2. The first-order valence-electron chi connectivity index (χ1n) is 9.28. The number of nitrogens with zero attached hydrogens (tertiary/aromatic N) is 2. The van der Waals surface area contributed by atoms with E-state index in [4.69, 9.17) is 0 Å². The Labute approximate surface area is 164 Å². The lowest BCUT2D eigenvalue weighted by molar-refractivity contribution is 0.0950. The Hall–Kier alpha value is -3.28. The summed E-state index contributed by atoms with van der Waals surface area (Å²) in [4.78, 5) is 34.2. The fourth-order valence-corrected chi connectivity index (χ4v) is 2.75. The zero-order valence-corrected chi connectivity index (χ0v) is 16.5. The van der Waals surface area contributed by atoms with Crippen molar-refractivity contribution >= 4 is 28.5 Å². The molecule has 0 saturated carbocycles. The second-order valence-corrected chi connectivity index (χ2v) is 7.20. The molecule has 2 amide bonds. The molecule has 2 N–H and O–H groups in total. The third-order valence-corrected chi connectivity index (χ3v) is 4.43. The van der Waals surface area contributed by atoms with Crippen LogP contribution in [0.4, 0.5) is 5.69 Å². The second-order valence-electron chi connectivity index (χ2n) is 7.20. The van der Waals surface area contributed by atoms with E-state index >= 15 is 0 Å². The molecule has 3 aromatic rings. The molecule has 144 valence electrons. The average molecular weight is 376 g/mol. The van der Waals surface area contributed by atoms with Crippen molar-refractivity contribution < 1.29 is 9.59 Å². The number of fused-ring (bicyclic) bond motifs is 1. The molecule has 0 atom stereocenters. The number of carbonyl (C=O) groups excluding carboxylic acids is 2. The molecule has 0 spiro atoms. The van der Waals surface area contributed by atoms with Gasteiger partial charge < -0.3 is 10.6 Å². The summed E-state index contributed by atoms with van der Waals surface area (Å²) in [5, 5.41) is 5.72. The lowest BCUT2D eigenvalue weighted by Gasteiger charge is -2.13. The number of aryl methyl sites for hydroxylation is 2. The maximum absolute atomic E-state index is 12.8. The van der Waals surface area contributed by atoms with E-state index in [2.05, 4.69) is 20.6 Å². The van der Waals surface area contributed by atoms with Crippen LogP contribution in [0.2, 0.25) is 0 Å². The summed E-state index contributed by atoms with van der Waals surface area (Å²) < 4.78 is 0. The van der Waals surface area contributed by atoms with Crippen molar-refractivity contribution in [3.05, 3.63) is 65.0 Å². The Morgan fingerprint density at radius 3 is 2.32 bits per heavy atom. The molecule has 0 bridgehead atoms. The maximum atomic E-state index is 12.8. The van der Waals surface area contributed by atoms with Gasteiger partial charge in [-0.05, 0) is 50.1 Å². The van der Waals surface area contributed by atoms with Gasteiger partial charge in [0.1, 0.15) is 0 Å². The van der Waals surface area contributed by atoms with E-state index in [-0.39, 0.29) is 11.8 Å². The summed E-state index contributed by atoms with van der Waals surface area (Å²) in [5.41, 5.74) is 4.47. The Balaban J connectivity index is 1.84. The molecule has 3 rings (SSSR count). The van der Waals surface area contributed by atoms with Crippen molar-refractivity contribution in [2.75, 3.05) is 11.9 Å². The number of para-hydroxylation sites is 1. The zero-order chi connectivity index (χ0) is 20.3. The molecule has 28 heavy (non-hydrogen) atoms. The van der Waals surface area contributed by atoms with Crippen molar-refractivity contribution in [2.24, 2.45) is 5.92 Å². The molecule has 0 fully saturated rings. The number of anilines is 1. The van der Waals surface area contributed by atoms with E-state index in [0.717, 1.165) is 16.9 Å². The first-order chi connectivity index (χ1) is 13.3. The monoisotopic (exact) mass is 376 g/mol. The van der Waals surface area contributed by atoms with Crippen molar-refractivity contribution in [1.82, 2.24) is 15.3 Å². The van der Waals surface area contributed by atoms with E-state index in [1.54, 1.807) is 42.5 Å². The van der Waals surface area contributed by atoms with Crippen LogP contribution < -0.4 is 10.6 Å². The van der Waals surface area contributed by atoms with Gasteiger partial charge in [-0.3, -0.25) is 9.59 Å². The van der Waals surface area contributed by atoms with Gasteiger partial charge in [0, 0.05) is 12.1 Å². The number of carbonyl (C=O) groups is 2. The molecule has 0 aliphatic heterocycles. The summed E-state index contributed by atoms with van der Waals surface area (Å²) in [7, 11) is 0. The highest BCUT2D eigenvalue weighted by Gasteiger charge is 2.15. The number of aromatic nitrogens is 2. The van der Waals surface area contributed by atoms with Crippen molar-refractivity contribution in [1.29, 1.82) is 0 Å². The molecule has 6 nitrogen and oxygen atoms in total. The Bertz CT molecular complexity index is 1040. The summed E-state index contributed by atoms with van der Waals surface area (Å²) >= 11 is 0. The van der Waals surface area contributed by atoms with Crippen molar-refractivity contribution in [2.45, 2.75) is 27.7 Å². The van der Waals surface area contributed by atoms with Gasteiger partial charge in [-0.15, -0.1) is 0 Å². The molecule has 1 aromatic heterocycles. The van der Waals surface area contributed by atoms with Crippen LogP contribution in [0.5, 0.6) is 0 Å². The molecule has 0 unspecified atom stereocenters. The quantitative estimate of drug-likeness (QED) is 0.708. The van der Waals surface area contributed by atoms with Gasteiger partial charge in [0.05, 0.1) is 33.7 Å². The number of nitrogens with one attached hydrogen (secondary N) is 2. The number of hydrogen-bond acceptors (Lipinski definition) is 4. The molecular weight excluding hydrogens is 352 g/mol. The van der Waals surface area contributed by atoms with Crippen LogP contribution in [-0.2, 0) is 0 Å². The second kappa shape index (κ2) is 8.17. The zero-order valence-electron chi connectivity index (χ0n) is 16.5. The number of hydrogen-bond donors (Lipinski definition) is 2. The van der Waals surface area contributed by atoms with Gasteiger partial charge in [0.25, 0.3) is 11.8 Å². The lowest BCUT2D eigenvalue weighted by Crippen LogP contribution is -2.28. The van der Waals surface area contributed by atoms with Gasteiger partial charge in [0.2, 0.25) is 0 Å². The Morgan fingerprint density at radius 1 is 0.929 bits per heavy atom. The van der Waals surface area contributed by atoms with E-state index in [9.17, 15) is 9.59 Å². The van der Waals surface area contributed by atoms with E-state index in [0.29, 0.717) is 34.8 Å². The highest BCUT2D eigenvalue weighted by atomic mass is 16.2. The minimum Gasteiger partial charge on any atom is -0.352 e. The normalized spacial score (nSPS) is 10.9. The average Bonchev–Trinajstić information content (AvgIpc) is 2.67. The predicted molar refractivity (Wildman–Crippen MR) is 111 cm³/mol. The van der Waals surface area contributed by atoms with Crippen LogP contribution in [0.3, 0.4) is 0 Å². The highest BCUT2D eigenvalue weighted by molar-refractivity contribution is 6.09. The van der Waals surface area contributed by atoms with Gasteiger partial charge in [-0.1, -0.05) is 26.0 Å². The van der Waals surface area contributed by atoms with Gasteiger partial charge in [0.15, 0.2) is 0 Å². The van der Waals surface area contributed by atoms with E-state index < -0.39 is 0 Å². The van der Waals surface area contributed by atoms with E-state index in [1.165, 1.54) is 0 Å². The lowest BCUT2D eigenvalue weighted by atomic mass is 10.1. The molecule has 1 heterocycles. The summed E-state index contributed by atoms with van der Waals surface area (Å²) in [6.45, 7) is 8.42. The maximum Gasteiger partial charge on any atom is 0.255 e. The van der Waals surface area contributed by atoms with Crippen LogP contribution in [0.25, 0.3) is 11.0 Å². The molecule has 0 radical (unpaired) electrons. The highest BCUT2D eigenvalue weighted by Crippen LogP contribution is 2.19. The molecule has 0 saturated heterocycles. The fraction of sp³-hybridized carbons (Fsp3) is 0.273. The summed E-state index contributed by atoms with van der Waals surface area (Å²) in [5.74, 6) is -0.164. The largest absolute Gasteiger partial charge is 0.352 e. The van der Waals surface area contributed by atoms with Crippen molar-refractivity contribution in [3.63, 3.8) is 0 Å². The molecular formula is C22H24N4O2. The van der Waals surface area contributed by atoms with Crippen molar-refractivity contribution in [3.8, 4) is 0 Å². The first-order valence-corrected chi connectivity index (χ1v) is 9.28. The third-order valence-electron chi connectivity index (χ3n) is 4.43. The minimum atomic E-state index is -0.300. The standard InChI is InChI=1S/C22H24N4O2/c1-13(2)12-23-22(28)17-7-5-6-8-18(17)26-21(27)16-9-10-19-20(11-16)25-15(4)14(3)24-19/h5-11,13H,12H2,1-4H3,(H,23,28)(H,26,27). The minimum absolute atomic E-state index is 0.208. The smallest absolute Gasteiger partial charge is 0.255 e. The topological polar surface area (TPSA) is 84.0 Å². The molecule has 0 aliphatic rings. The first kappa shape index (κ1) is 19.5. The number of amides is 2. The van der Waals surface area contributed by atoms with Gasteiger partial charge >= 0.3 is 0 Å². The Kier molecular flexibility index (Phi) is 5.68. The number of rotatable bonds is 5. The summed E-state index contributed by atoms with van der Waals surface area (Å²) in [6.07, 6.45) is 0. The van der Waals surface area contributed by atoms with Crippen LogP contribution in [-0.4, -0.2) is 28.3 Å². The fourth-order valence-electron chi connectivity index (χ4n) is 2.75. The van der Waals surface area contributed by atoms with Crippen LogP contribution in [0.15, 0.2) is 42.5 Å². The molecule has 6 heteroatoms. The SMILES string of the molecule is Cc1nc2ccc(C(=O)Nc3ccccc3C(=O)NCC(C)C)cc2nc1C. The van der Waals surface area contributed by atoms with Crippen LogP contribution >= 0.6 is 0 Å². The molecule has 2 aromatic carbocycles. The van der Waals surface area contributed by atoms with Gasteiger partial charge in [-0.25, -0.2) is 9.97 Å². The van der Waals surface area contributed by atoms with Crippen LogP contribution in [0.1, 0.15) is 46.0 Å². The third kappa shape index (κ3) is 4.34. The Morgan fingerprint density at radius 2 is 1.61 bits per heavy atom.